The van der Waals surface area contributed by atoms with Crippen molar-refractivity contribution in [2.45, 2.75) is 19.7 Å². The lowest BCUT2D eigenvalue weighted by atomic mass is 10.2. The third-order valence-electron chi connectivity index (χ3n) is 2.37. The number of nitrogens with one attached hydrogen (secondary N) is 2. The molecule has 0 fully saturated rings. The third kappa shape index (κ3) is 5.38. The van der Waals surface area contributed by atoms with Gasteiger partial charge in [-0.1, -0.05) is 0 Å². The van der Waals surface area contributed by atoms with Gasteiger partial charge in [0.2, 0.25) is 0 Å². The van der Waals surface area contributed by atoms with Crippen LogP contribution in [0.5, 0.6) is 0 Å². The van der Waals surface area contributed by atoms with E-state index in [2.05, 4.69) is 10.3 Å². The Balaban J connectivity index is 2.48. The number of aromatic nitrogens is 1. The van der Waals surface area contributed by atoms with Crippen LogP contribution in [0.2, 0.25) is 0 Å². The van der Waals surface area contributed by atoms with E-state index in [0.717, 1.165) is 0 Å². The van der Waals surface area contributed by atoms with Crippen LogP contribution in [0, 0.1) is 6.92 Å². The average Bonchev–Trinajstić information content (AvgIpc) is 2.41. The van der Waals surface area contributed by atoms with Crippen molar-refractivity contribution in [3.8, 4) is 0 Å². The number of aryl methyl sites for hydroxylation is 1. The molecule has 1 rings (SSSR count). The number of aliphatic hydroxyl groups excluding tert-OH is 1. The van der Waals surface area contributed by atoms with Gasteiger partial charge in [-0.2, -0.15) is 13.2 Å². The van der Waals surface area contributed by atoms with Crippen molar-refractivity contribution in [1.29, 1.82) is 0 Å². The van der Waals surface area contributed by atoms with Crippen LogP contribution in [0.15, 0.2) is 12.1 Å². The molecule has 0 spiro atoms. The number of nitrogens with zero attached hydrogens (tertiary/aromatic N) is 1. The number of halogens is 3. The fourth-order valence-electron chi connectivity index (χ4n) is 1.48. The van der Waals surface area contributed by atoms with E-state index in [9.17, 15) is 22.8 Å². The molecule has 0 unspecified atom stereocenters. The quantitative estimate of drug-likeness (QED) is 0.682. The predicted molar refractivity (Wildman–Crippen MR) is 66.3 cm³/mol. The molecule has 21 heavy (non-hydrogen) atoms. The maximum Gasteiger partial charge on any atom is 0.471 e. The molecule has 9 heteroatoms. The molecule has 0 atom stereocenters. The molecule has 0 aliphatic rings. The molecule has 116 valence electrons. The first-order valence-electron chi connectivity index (χ1n) is 5.95. The van der Waals surface area contributed by atoms with Crippen LogP contribution >= 0.6 is 0 Å². The minimum atomic E-state index is -4.95. The normalized spacial score (nSPS) is 11.1. The van der Waals surface area contributed by atoms with E-state index in [0.29, 0.717) is 11.3 Å². The predicted octanol–water partition coefficient (Wildman–Crippen LogP) is 0.291. The number of aliphatic hydroxyl groups is 1. The van der Waals surface area contributed by atoms with E-state index in [1.54, 1.807) is 18.3 Å². The first kappa shape index (κ1) is 16.9. The maximum absolute atomic E-state index is 11.9. The molecule has 0 aromatic carbocycles. The smallest absolute Gasteiger partial charge is 0.390 e. The molecule has 0 bridgehead atoms. The first-order chi connectivity index (χ1) is 9.74. The first-order valence-corrected chi connectivity index (χ1v) is 5.95. The Hall–Kier alpha value is -2.16. The van der Waals surface area contributed by atoms with Crippen LogP contribution in [0.1, 0.15) is 21.7 Å². The highest BCUT2D eigenvalue weighted by Gasteiger charge is 2.38. The Bertz CT molecular complexity index is 532. The largest absolute Gasteiger partial charge is 0.471 e. The van der Waals surface area contributed by atoms with Crippen molar-refractivity contribution in [3.05, 3.63) is 29.1 Å². The summed E-state index contributed by atoms with van der Waals surface area (Å²) in [5, 5.41) is 12.9. The molecule has 6 nitrogen and oxygen atoms in total. The summed E-state index contributed by atoms with van der Waals surface area (Å²) in [5.41, 5.74) is 1.07. The van der Waals surface area contributed by atoms with Gasteiger partial charge in [-0.3, -0.25) is 9.59 Å². The lowest BCUT2D eigenvalue weighted by molar-refractivity contribution is -0.173. The van der Waals surface area contributed by atoms with Crippen LogP contribution in [0.3, 0.4) is 0 Å². The molecule has 0 saturated heterocycles. The molecule has 0 radical (unpaired) electrons. The summed E-state index contributed by atoms with van der Waals surface area (Å²) in [6.45, 7) is 0.845. The molecule has 1 heterocycles. The summed E-state index contributed by atoms with van der Waals surface area (Å²) in [4.78, 5) is 26.1. The summed E-state index contributed by atoms with van der Waals surface area (Å²) >= 11 is 0. The second-order valence-electron chi connectivity index (χ2n) is 4.19. The van der Waals surface area contributed by atoms with Gasteiger partial charge in [0, 0.05) is 13.1 Å². The van der Waals surface area contributed by atoms with Gasteiger partial charge in [-0.15, -0.1) is 0 Å². The summed E-state index contributed by atoms with van der Waals surface area (Å²) < 4.78 is 35.7. The zero-order valence-electron chi connectivity index (χ0n) is 11.1. The van der Waals surface area contributed by atoms with Crippen LogP contribution in [-0.4, -0.2) is 41.2 Å². The van der Waals surface area contributed by atoms with Gasteiger partial charge in [0.05, 0.1) is 12.3 Å². The number of carbonyl (C=O) groups excluding carboxylic acids is 2. The topological polar surface area (TPSA) is 91.3 Å². The summed E-state index contributed by atoms with van der Waals surface area (Å²) in [6.07, 6.45) is -4.95. The van der Waals surface area contributed by atoms with E-state index < -0.39 is 18.0 Å². The zero-order valence-corrected chi connectivity index (χ0v) is 11.1. The molecule has 3 N–H and O–H groups in total. The number of hydrogen-bond donors (Lipinski definition) is 3. The summed E-state index contributed by atoms with van der Waals surface area (Å²) in [7, 11) is 0. The van der Waals surface area contributed by atoms with Gasteiger partial charge in [-0.05, 0) is 24.6 Å². The number of pyridine rings is 1. The highest BCUT2D eigenvalue weighted by atomic mass is 19.4. The number of alkyl halides is 3. The van der Waals surface area contributed by atoms with Crippen LogP contribution < -0.4 is 10.6 Å². The molecule has 1 aromatic heterocycles. The molecule has 2 amide bonds. The second-order valence-corrected chi connectivity index (χ2v) is 4.19. The minimum absolute atomic E-state index is 0.0428. The molecule has 0 aliphatic heterocycles. The van der Waals surface area contributed by atoms with E-state index >= 15 is 0 Å². The molecule has 1 aromatic rings. The molecular formula is C12H14F3N3O3. The summed E-state index contributed by atoms with van der Waals surface area (Å²) in [5.74, 6) is -2.66. The van der Waals surface area contributed by atoms with Gasteiger partial charge >= 0.3 is 12.1 Å². The minimum Gasteiger partial charge on any atom is -0.390 e. The highest BCUT2D eigenvalue weighted by molar-refractivity contribution is 5.92. The van der Waals surface area contributed by atoms with E-state index in [-0.39, 0.29) is 25.4 Å². The Morgan fingerprint density at radius 1 is 1.24 bits per heavy atom. The SMILES string of the molecule is Cc1cc(CO)nc(C(=O)NCCNC(=O)C(F)(F)F)c1. The van der Waals surface area contributed by atoms with Crippen LogP contribution in [0.4, 0.5) is 13.2 Å². The third-order valence-corrected chi connectivity index (χ3v) is 2.37. The standard InChI is InChI=1S/C12H14F3N3O3/c1-7-4-8(6-19)18-9(5-7)10(20)16-2-3-17-11(21)12(13,14)15/h4-5,19H,2-3,6H2,1H3,(H,16,20)(H,17,21). The fraction of sp³-hybridized carbons (Fsp3) is 0.417. The monoisotopic (exact) mass is 305 g/mol. The highest BCUT2D eigenvalue weighted by Crippen LogP contribution is 2.13. The van der Waals surface area contributed by atoms with Crippen molar-refractivity contribution in [2.75, 3.05) is 13.1 Å². The summed E-state index contributed by atoms with van der Waals surface area (Å²) in [6, 6.07) is 3.07. The molecule has 0 saturated carbocycles. The number of rotatable bonds is 5. The zero-order chi connectivity index (χ0) is 16.0. The average molecular weight is 305 g/mol. The van der Waals surface area contributed by atoms with Crippen molar-refractivity contribution in [1.82, 2.24) is 15.6 Å². The number of carbonyl (C=O) groups is 2. The van der Waals surface area contributed by atoms with Gasteiger partial charge in [0.1, 0.15) is 5.69 Å². The number of amides is 2. The van der Waals surface area contributed by atoms with Gasteiger partial charge < -0.3 is 15.7 Å². The van der Waals surface area contributed by atoms with Gasteiger partial charge in [0.15, 0.2) is 0 Å². The maximum atomic E-state index is 11.9. The van der Waals surface area contributed by atoms with Gasteiger partial charge in [0.25, 0.3) is 5.91 Å². The number of hydrogen-bond acceptors (Lipinski definition) is 4. The van der Waals surface area contributed by atoms with E-state index in [1.807, 2.05) is 0 Å². The van der Waals surface area contributed by atoms with E-state index in [4.69, 9.17) is 5.11 Å². The Morgan fingerprint density at radius 3 is 2.43 bits per heavy atom. The fourth-order valence-corrected chi connectivity index (χ4v) is 1.48. The molecule has 0 aliphatic carbocycles. The van der Waals surface area contributed by atoms with Crippen LogP contribution in [0.25, 0.3) is 0 Å². The lowest BCUT2D eigenvalue weighted by Crippen LogP contribution is -2.41. The van der Waals surface area contributed by atoms with Crippen molar-refractivity contribution in [2.24, 2.45) is 0 Å². The Labute approximate surface area is 118 Å². The molecular weight excluding hydrogens is 291 g/mol. The van der Waals surface area contributed by atoms with Crippen LogP contribution in [-0.2, 0) is 11.4 Å². The van der Waals surface area contributed by atoms with E-state index in [1.165, 1.54) is 6.07 Å². The second kappa shape index (κ2) is 7.02. The lowest BCUT2D eigenvalue weighted by Gasteiger charge is -2.09. The van der Waals surface area contributed by atoms with Crippen molar-refractivity contribution >= 4 is 11.8 Å². The van der Waals surface area contributed by atoms with Crippen molar-refractivity contribution < 1.29 is 27.9 Å². The Morgan fingerprint density at radius 2 is 1.86 bits per heavy atom. The van der Waals surface area contributed by atoms with Gasteiger partial charge in [-0.25, -0.2) is 4.98 Å². The van der Waals surface area contributed by atoms with Crippen molar-refractivity contribution in [3.63, 3.8) is 0 Å². The Kier molecular flexibility index (Phi) is 5.65.